The molecule has 0 aliphatic heterocycles. The third kappa shape index (κ3) is 4.85. The number of rotatable bonds is 6. The van der Waals surface area contributed by atoms with Crippen molar-refractivity contribution in [1.29, 1.82) is 0 Å². The number of halogens is 3. The minimum atomic E-state index is -4.12. The van der Waals surface area contributed by atoms with Crippen LogP contribution < -0.4 is 17.1 Å². The smallest absolute Gasteiger partial charge is 0.382 e. The molecule has 1 aromatic carbocycles. The van der Waals surface area contributed by atoms with Crippen LogP contribution in [0.3, 0.4) is 0 Å². The third-order valence-electron chi connectivity index (χ3n) is 4.72. The van der Waals surface area contributed by atoms with E-state index < -0.39 is 12.1 Å². The van der Waals surface area contributed by atoms with Crippen molar-refractivity contribution in [2.45, 2.75) is 51.3 Å². The van der Waals surface area contributed by atoms with Crippen LogP contribution in [-0.2, 0) is 11.3 Å². The van der Waals surface area contributed by atoms with Crippen LogP contribution >= 0.6 is 0 Å². The van der Waals surface area contributed by atoms with E-state index in [0.717, 1.165) is 11.1 Å². The fourth-order valence-electron chi connectivity index (χ4n) is 3.46. The fourth-order valence-corrected chi connectivity index (χ4v) is 3.46. The first kappa shape index (κ1) is 19.5. The van der Waals surface area contributed by atoms with E-state index in [2.05, 4.69) is 10.6 Å². The molecule has 1 aromatic rings. The maximum Gasteiger partial charge on any atom is 0.391 e. The van der Waals surface area contributed by atoms with Gasteiger partial charge in [0, 0.05) is 12.2 Å². The van der Waals surface area contributed by atoms with Crippen molar-refractivity contribution in [3.63, 3.8) is 0 Å². The van der Waals surface area contributed by atoms with E-state index >= 15 is 0 Å². The van der Waals surface area contributed by atoms with Gasteiger partial charge in [-0.05, 0) is 49.7 Å². The molecule has 0 unspecified atom stereocenters. The molecule has 1 aliphatic rings. The van der Waals surface area contributed by atoms with Crippen LogP contribution in [0, 0.1) is 5.92 Å². The molecule has 0 spiro atoms. The van der Waals surface area contributed by atoms with Crippen LogP contribution in [0.1, 0.15) is 55.2 Å². The van der Waals surface area contributed by atoms with E-state index in [0.29, 0.717) is 31.6 Å². The zero-order chi connectivity index (χ0) is 18.4. The third-order valence-corrected chi connectivity index (χ3v) is 4.72. The lowest BCUT2D eigenvalue weighted by atomic mass is 9.76. The Morgan fingerprint density at radius 3 is 2.52 bits per heavy atom. The number of amidine groups is 1. The summed E-state index contributed by atoms with van der Waals surface area (Å²) in [4.78, 5) is 0. The Kier molecular flexibility index (Phi) is 6.66. The zero-order valence-corrected chi connectivity index (χ0v) is 14.3. The second-order valence-electron chi connectivity index (χ2n) is 6.23. The number of benzene rings is 1. The van der Waals surface area contributed by atoms with Gasteiger partial charge in [-0.15, -0.1) is 5.10 Å². The second-order valence-corrected chi connectivity index (χ2v) is 6.23. The maximum absolute atomic E-state index is 12.9. The largest absolute Gasteiger partial charge is 0.391 e. The lowest BCUT2D eigenvalue weighted by Gasteiger charge is -2.31. The van der Waals surface area contributed by atoms with Gasteiger partial charge in [0.2, 0.25) is 0 Å². The SMILES string of the molecule is CCOCc1cccc(C2CCC(C(F)(F)F)CC2)c1/C(N)=N/NN. The van der Waals surface area contributed by atoms with Crippen molar-refractivity contribution >= 4 is 5.84 Å². The minimum Gasteiger partial charge on any atom is -0.382 e. The number of nitrogens with two attached hydrogens (primary N) is 2. The summed E-state index contributed by atoms with van der Waals surface area (Å²) in [7, 11) is 0. The van der Waals surface area contributed by atoms with Crippen molar-refractivity contribution in [2.24, 2.45) is 22.6 Å². The summed E-state index contributed by atoms with van der Waals surface area (Å²) in [5, 5.41) is 3.86. The Bertz CT molecular complexity index is 596. The van der Waals surface area contributed by atoms with Gasteiger partial charge < -0.3 is 10.5 Å². The summed E-state index contributed by atoms with van der Waals surface area (Å²) in [5.41, 5.74) is 10.7. The van der Waals surface area contributed by atoms with Gasteiger partial charge in [-0.2, -0.15) is 13.2 Å². The van der Waals surface area contributed by atoms with E-state index in [-0.39, 0.29) is 24.6 Å². The highest BCUT2D eigenvalue weighted by molar-refractivity contribution is 6.00. The topological polar surface area (TPSA) is 85.7 Å². The predicted molar refractivity (Wildman–Crippen MR) is 90.6 cm³/mol. The predicted octanol–water partition coefficient (Wildman–Crippen LogP) is 3.14. The van der Waals surface area contributed by atoms with E-state index in [1.54, 1.807) is 0 Å². The lowest BCUT2D eigenvalue weighted by molar-refractivity contribution is -0.182. The molecule has 2 rings (SSSR count). The first-order valence-corrected chi connectivity index (χ1v) is 8.43. The van der Waals surface area contributed by atoms with Gasteiger partial charge in [0.15, 0.2) is 5.84 Å². The summed E-state index contributed by atoms with van der Waals surface area (Å²) in [6.45, 7) is 2.80. The average Bonchev–Trinajstić information content (AvgIpc) is 2.59. The van der Waals surface area contributed by atoms with Crippen LogP contribution in [0.5, 0.6) is 0 Å². The zero-order valence-electron chi connectivity index (χ0n) is 14.3. The molecule has 1 aliphatic carbocycles. The fraction of sp³-hybridized carbons (Fsp3) is 0.588. The minimum absolute atomic E-state index is 0.0155. The van der Waals surface area contributed by atoms with Crippen LogP contribution in [0.2, 0.25) is 0 Å². The van der Waals surface area contributed by atoms with Crippen molar-refractivity contribution in [3.05, 3.63) is 34.9 Å². The molecule has 25 heavy (non-hydrogen) atoms. The number of alkyl halides is 3. The molecule has 0 aromatic heterocycles. The number of nitrogens with one attached hydrogen (secondary N) is 1. The lowest BCUT2D eigenvalue weighted by Crippen LogP contribution is -2.29. The van der Waals surface area contributed by atoms with Crippen molar-refractivity contribution in [3.8, 4) is 0 Å². The number of nitrogens with zero attached hydrogens (tertiary/aromatic N) is 1. The molecule has 1 saturated carbocycles. The van der Waals surface area contributed by atoms with Crippen LogP contribution in [0.15, 0.2) is 23.3 Å². The van der Waals surface area contributed by atoms with Crippen molar-refractivity contribution < 1.29 is 17.9 Å². The maximum atomic E-state index is 12.9. The monoisotopic (exact) mass is 358 g/mol. The molecule has 8 heteroatoms. The molecule has 0 saturated heterocycles. The number of ether oxygens (including phenoxy) is 1. The highest BCUT2D eigenvalue weighted by Crippen LogP contribution is 2.43. The first-order chi connectivity index (χ1) is 11.9. The summed E-state index contributed by atoms with van der Waals surface area (Å²) >= 11 is 0. The Morgan fingerprint density at radius 1 is 1.28 bits per heavy atom. The Morgan fingerprint density at radius 2 is 1.96 bits per heavy atom. The first-order valence-electron chi connectivity index (χ1n) is 8.43. The molecular weight excluding hydrogens is 333 g/mol. The van der Waals surface area contributed by atoms with E-state index in [1.807, 2.05) is 25.1 Å². The van der Waals surface area contributed by atoms with Gasteiger partial charge in [0.05, 0.1) is 12.5 Å². The molecule has 1 fully saturated rings. The van der Waals surface area contributed by atoms with Crippen molar-refractivity contribution in [2.75, 3.05) is 6.61 Å². The Balaban J connectivity index is 2.29. The molecule has 140 valence electrons. The molecular formula is C17H25F3N4O. The Hall–Kier alpha value is -1.80. The summed E-state index contributed by atoms with van der Waals surface area (Å²) in [6, 6.07) is 5.67. The second kappa shape index (κ2) is 8.53. The highest BCUT2D eigenvalue weighted by atomic mass is 19.4. The van der Waals surface area contributed by atoms with Gasteiger partial charge in [-0.25, -0.2) is 11.4 Å². The van der Waals surface area contributed by atoms with Gasteiger partial charge in [0.1, 0.15) is 0 Å². The Labute approximate surface area is 145 Å². The van der Waals surface area contributed by atoms with Gasteiger partial charge in [-0.1, -0.05) is 18.2 Å². The van der Waals surface area contributed by atoms with Gasteiger partial charge in [-0.3, -0.25) is 0 Å². The molecule has 0 bridgehead atoms. The molecule has 0 atom stereocenters. The van der Waals surface area contributed by atoms with Crippen LogP contribution in [-0.4, -0.2) is 18.6 Å². The molecule has 5 nitrogen and oxygen atoms in total. The quantitative estimate of drug-likeness (QED) is 0.316. The molecule has 5 N–H and O–H groups in total. The van der Waals surface area contributed by atoms with E-state index in [4.69, 9.17) is 16.3 Å². The van der Waals surface area contributed by atoms with Crippen LogP contribution in [0.25, 0.3) is 0 Å². The number of hydrogen-bond acceptors (Lipinski definition) is 4. The molecule has 0 amide bonds. The van der Waals surface area contributed by atoms with Gasteiger partial charge >= 0.3 is 6.18 Å². The average molecular weight is 358 g/mol. The van der Waals surface area contributed by atoms with E-state index in [9.17, 15) is 13.2 Å². The molecule has 0 heterocycles. The number of hydrogen-bond donors (Lipinski definition) is 3. The highest BCUT2D eigenvalue weighted by Gasteiger charge is 2.41. The van der Waals surface area contributed by atoms with Crippen molar-refractivity contribution in [1.82, 2.24) is 5.53 Å². The summed E-state index contributed by atoms with van der Waals surface area (Å²) < 4.78 is 44.2. The summed E-state index contributed by atoms with van der Waals surface area (Å²) in [5.74, 6) is 4.25. The normalized spacial score (nSPS) is 22.0. The number of hydrazone groups is 1. The van der Waals surface area contributed by atoms with E-state index in [1.165, 1.54) is 0 Å². The standard InChI is InChI=1S/C17H25F3N4O/c1-2-25-10-12-4-3-5-14(15(12)16(21)23-24-22)11-6-8-13(9-7-11)17(18,19)20/h3-5,11,13,24H,2,6-10,22H2,1H3,(H2,21,23). The van der Waals surface area contributed by atoms with Gasteiger partial charge in [0.25, 0.3) is 0 Å². The van der Waals surface area contributed by atoms with Crippen LogP contribution in [0.4, 0.5) is 13.2 Å². The number of hydrazine groups is 1. The summed E-state index contributed by atoms with van der Waals surface area (Å²) in [6.07, 6.45) is -2.91. The molecule has 0 radical (unpaired) electrons.